The van der Waals surface area contributed by atoms with E-state index in [1.54, 1.807) is 18.3 Å². The number of piperazine rings is 1. The van der Waals surface area contributed by atoms with Crippen molar-refractivity contribution in [1.82, 2.24) is 14.8 Å². The van der Waals surface area contributed by atoms with Gasteiger partial charge in [-0.25, -0.2) is 4.98 Å². The summed E-state index contributed by atoms with van der Waals surface area (Å²) in [5.41, 5.74) is 0.593. The first-order valence-corrected chi connectivity index (χ1v) is 9.85. The molecule has 0 radical (unpaired) electrons. The number of pyridine rings is 1. The number of anilines is 1. The quantitative estimate of drug-likeness (QED) is 0.807. The number of nitrogens with zero attached hydrogens (tertiary/aromatic N) is 5. The van der Waals surface area contributed by atoms with Crippen LogP contribution in [0.4, 0.5) is 5.82 Å². The van der Waals surface area contributed by atoms with Gasteiger partial charge in [0.05, 0.1) is 17.6 Å². The Morgan fingerprint density at radius 3 is 2.63 bits per heavy atom. The van der Waals surface area contributed by atoms with Gasteiger partial charge < -0.3 is 14.7 Å². The molecule has 1 aromatic heterocycles. The lowest BCUT2D eigenvalue weighted by molar-refractivity contribution is -0.136. The molecule has 3 heterocycles. The van der Waals surface area contributed by atoms with Crippen molar-refractivity contribution < 1.29 is 9.59 Å². The molecular formula is C20H25N5O2. The Hall–Kier alpha value is -2.62. The molecule has 2 aliphatic heterocycles. The fraction of sp³-hybridized carbons (Fsp3) is 0.600. The largest absolute Gasteiger partial charge is 0.353 e. The van der Waals surface area contributed by atoms with Crippen molar-refractivity contribution in [3.63, 3.8) is 0 Å². The molecule has 0 aromatic carbocycles. The number of carbonyl (C=O) groups is 2. The van der Waals surface area contributed by atoms with E-state index in [9.17, 15) is 9.59 Å². The molecule has 2 amide bonds. The van der Waals surface area contributed by atoms with E-state index < -0.39 is 0 Å². The maximum absolute atomic E-state index is 12.9. The first-order valence-electron chi connectivity index (χ1n) is 9.85. The van der Waals surface area contributed by atoms with E-state index in [0.29, 0.717) is 50.7 Å². The summed E-state index contributed by atoms with van der Waals surface area (Å²) in [6.07, 6.45) is 6.56. The summed E-state index contributed by atoms with van der Waals surface area (Å²) >= 11 is 0. The topological polar surface area (TPSA) is 80.5 Å². The number of amides is 2. The summed E-state index contributed by atoms with van der Waals surface area (Å²) in [4.78, 5) is 35.6. The van der Waals surface area contributed by atoms with E-state index in [1.165, 1.54) is 12.8 Å². The minimum absolute atomic E-state index is 0.113. The third kappa shape index (κ3) is 3.61. The predicted octanol–water partition coefficient (Wildman–Crippen LogP) is 1.39. The van der Waals surface area contributed by atoms with E-state index in [2.05, 4.69) is 16.0 Å². The molecule has 4 rings (SSSR count). The van der Waals surface area contributed by atoms with Crippen LogP contribution in [0, 0.1) is 17.2 Å². The maximum atomic E-state index is 12.9. The van der Waals surface area contributed by atoms with E-state index in [1.807, 2.05) is 9.80 Å². The van der Waals surface area contributed by atoms with E-state index in [-0.39, 0.29) is 17.7 Å². The lowest BCUT2D eigenvalue weighted by Crippen LogP contribution is -2.51. The van der Waals surface area contributed by atoms with Crippen LogP contribution in [-0.4, -0.2) is 65.4 Å². The Morgan fingerprint density at radius 1 is 1.19 bits per heavy atom. The number of carbonyl (C=O) groups excluding carboxylic acids is 2. The van der Waals surface area contributed by atoms with Gasteiger partial charge >= 0.3 is 0 Å². The molecule has 1 saturated carbocycles. The van der Waals surface area contributed by atoms with Crippen molar-refractivity contribution in [3.8, 4) is 6.07 Å². The second-order valence-electron chi connectivity index (χ2n) is 7.71. The molecule has 7 nitrogen and oxygen atoms in total. The molecule has 27 heavy (non-hydrogen) atoms. The normalized spacial score (nSPS) is 23.7. The van der Waals surface area contributed by atoms with Gasteiger partial charge in [0.15, 0.2) is 0 Å². The molecule has 142 valence electrons. The number of likely N-dealkylation sites (tertiary alicyclic amines) is 1. The lowest BCUT2D eigenvalue weighted by atomic mass is 10.1. The minimum atomic E-state index is -0.190. The zero-order valence-electron chi connectivity index (χ0n) is 15.5. The third-order valence-electron chi connectivity index (χ3n) is 6.06. The van der Waals surface area contributed by atoms with Gasteiger partial charge in [0.1, 0.15) is 5.82 Å². The van der Waals surface area contributed by atoms with Crippen LogP contribution in [0.2, 0.25) is 0 Å². The van der Waals surface area contributed by atoms with Gasteiger partial charge in [-0.1, -0.05) is 12.8 Å². The molecule has 1 unspecified atom stereocenters. The van der Waals surface area contributed by atoms with Gasteiger partial charge in [0.25, 0.3) is 0 Å². The van der Waals surface area contributed by atoms with Crippen molar-refractivity contribution in [2.75, 3.05) is 37.6 Å². The molecule has 0 N–H and O–H groups in total. The Labute approximate surface area is 159 Å². The third-order valence-corrected chi connectivity index (χ3v) is 6.06. The Kier molecular flexibility index (Phi) is 4.97. The molecule has 0 bridgehead atoms. The summed E-state index contributed by atoms with van der Waals surface area (Å²) in [6.45, 7) is 3.24. The van der Waals surface area contributed by atoms with Gasteiger partial charge in [0.2, 0.25) is 11.8 Å². The van der Waals surface area contributed by atoms with Crippen LogP contribution in [0.3, 0.4) is 0 Å². The van der Waals surface area contributed by atoms with Gasteiger partial charge in [-0.2, -0.15) is 5.26 Å². The van der Waals surface area contributed by atoms with Gasteiger partial charge in [0, 0.05) is 51.4 Å². The standard InChI is InChI=1S/C20H25N5O2/c21-13-15-5-6-22-18(11-15)23-7-9-24(10-8-23)20(27)16-12-19(26)25(14-16)17-3-1-2-4-17/h5-6,11,16-17H,1-4,7-10,12,14H2. The summed E-state index contributed by atoms with van der Waals surface area (Å²) in [5.74, 6) is 0.855. The van der Waals surface area contributed by atoms with Crippen LogP contribution in [0.1, 0.15) is 37.7 Å². The lowest BCUT2D eigenvalue weighted by Gasteiger charge is -2.36. The monoisotopic (exact) mass is 367 g/mol. The molecular weight excluding hydrogens is 342 g/mol. The number of aromatic nitrogens is 1. The molecule has 0 spiro atoms. The molecule has 1 aromatic rings. The molecule has 7 heteroatoms. The Bertz CT molecular complexity index is 760. The zero-order chi connectivity index (χ0) is 18.8. The first-order chi connectivity index (χ1) is 13.2. The van der Waals surface area contributed by atoms with Crippen molar-refractivity contribution in [2.45, 2.75) is 38.1 Å². The SMILES string of the molecule is N#Cc1ccnc(N2CCN(C(=O)C3CC(=O)N(C4CCCC4)C3)CC2)c1. The summed E-state index contributed by atoms with van der Waals surface area (Å²) in [7, 11) is 0. The molecule has 1 atom stereocenters. The molecule has 3 fully saturated rings. The first kappa shape index (κ1) is 17.8. The fourth-order valence-electron chi connectivity index (χ4n) is 4.54. The highest BCUT2D eigenvalue weighted by Crippen LogP contribution is 2.30. The number of nitriles is 1. The molecule has 1 aliphatic carbocycles. The van der Waals surface area contributed by atoms with Crippen molar-refractivity contribution in [3.05, 3.63) is 23.9 Å². The second kappa shape index (κ2) is 7.55. The van der Waals surface area contributed by atoms with Gasteiger partial charge in [-0.3, -0.25) is 9.59 Å². The van der Waals surface area contributed by atoms with Gasteiger partial charge in [-0.05, 0) is 25.0 Å². The van der Waals surface area contributed by atoms with Gasteiger partial charge in [-0.15, -0.1) is 0 Å². The van der Waals surface area contributed by atoms with Crippen LogP contribution in [-0.2, 0) is 9.59 Å². The fourth-order valence-corrected chi connectivity index (χ4v) is 4.54. The van der Waals surface area contributed by atoms with Crippen LogP contribution in [0.25, 0.3) is 0 Å². The van der Waals surface area contributed by atoms with Crippen LogP contribution < -0.4 is 4.90 Å². The summed E-state index contributed by atoms with van der Waals surface area (Å²) in [6, 6.07) is 5.96. The van der Waals surface area contributed by atoms with Crippen molar-refractivity contribution >= 4 is 17.6 Å². The van der Waals surface area contributed by atoms with Crippen molar-refractivity contribution in [2.24, 2.45) is 5.92 Å². The Balaban J connectivity index is 1.33. The zero-order valence-corrected chi connectivity index (χ0v) is 15.5. The van der Waals surface area contributed by atoms with Crippen molar-refractivity contribution in [1.29, 1.82) is 5.26 Å². The smallest absolute Gasteiger partial charge is 0.228 e. The molecule has 3 aliphatic rings. The summed E-state index contributed by atoms with van der Waals surface area (Å²) in [5, 5.41) is 9.04. The highest BCUT2D eigenvalue weighted by atomic mass is 16.2. The second-order valence-corrected chi connectivity index (χ2v) is 7.71. The average Bonchev–Trinajstić information content (AvgIpc) is 3.37. The molecule has 2 saturated heterocycles. The van der Waals surface area contributed by atoms with Crippen LogP contribution in [0.15, 0.2) is 18.3 Å². The predicted molar refractivity (Wildman–Crippen MR) is 99.8 cm³/mol. The average molecular weight is 367 g/mol. The van der Waals surface area contributed by atoms with E-state index >= 15 is 0 Å². The number of rotatable bonds is 3. The highest BCUT2D eigenvalue weighted by Gasteiger charge is 2.40. The van der Waals surface area contributed by atoms with Crippen LogP contribution >= 0.6 is 0 Å². The van der Waals surface area contributed by atoms with E-state index in [0.717, 1.165) is 18.7 Å². The summed E-state index contributed by atoms with van der Waals surface area (Å²) < 4.78 is 0. The number of hydrogen-bond acceptors (Lipinski definition) is 5. The maximum Gasteiger partial charge on any atom is 0.228 e. The highest BCUT2D eigenvalue weighted by molar-refractivity contribution is 5.89. The van der Waals surface area contributed by atoms with Crippen LogP contribution in [0.5, 0.6) is 0 Å². The minimum Gasteiger partial charge on any atom is -0.353 e. The van der Waals surface area contributed by atoms with E-state index in [4.69, 9.17) is 5.26 Å². The Morgan fingerprint density at radius 2 is 1.93 bits per heavy atom. The number of hydrogen-bond donors (Lipinski definition) is 0.